The number of nitrogens with two attached hydrogens (primary N) is 2. The maximum absolute atomic E-state index is 13.1. The summed E-state index contributed by atoms with van der Waals surface area (Å²) in [5.41, 5.74) is 11.0. The number of primary amides is 1. The maximum atomic E-state index is 13.1. The third-order valence-corrected chi connectivity index (χ3v) is 5.55. The lowest BCUT2D eigenvalue weighted by molar-refractivity contribution is -0.148. The lowest BCUT2D eigenvalue weighted by atomic mass is 10.1. The molecular weight excluding hydrogens is 383 g/mol. The van der Waals surface area contributed by atoms with Gasteiger partial charge in [0.15, 0.2) is 0 Å². The number of nitrogens with zero attached hydrogens (tertiary/aromatic N) is 2. The van der Waals surface area contributed by atoms with Crippen LogP contribution in [0.3, 0.4) is 0 Å². The van der Waals surface area contributed by atoms with E-state index in [1.54, 1.807) is 0 Å². The zero-order valence-electron chi connectivity index (χ0n) is 16.8. The number of amides is 4. The third-order valence-electron chi connectivity index (χ3n) is 5.55. The van der Waals surface area contributed by atoms with E-state index in [1.165, 1.54) is 23.6 Å². The fourth-order valence-corrected chi connectivity index (χ4v) is 3.86. The lowest BCUT2D eigenvalue weighted by Gasteiger charge is -2.33. The molecule has 0 aromatic carbocycles. The first-order valence-electron chi connectivity index (χ1n) is 9.88. The first-order valence-corrected chi connectivity index (χ1v) is 9.88. The van der Waals surface area contributed by atoms with E-state index in [0.29, 0.717) is 38.8 Å². The number of hydrogen-bond donors (Lipinski definition) is 5. The molecule has 29 heavy (non-hydrogen) atoms. The van der Waals surface area contributed by atoms with Gasteiger partial charge in [0.1, 0.15) is 24.2 Å². The Morgan fingerprint density at radius 3 is 2.03 bits per heavy atom. The SMILES string of the molecule is C[C@@H](O)[C@H](N)C(=O)N1CCC[C@H]1C(=O)N1CCC[C@H]1C(=O)N[C@@H]([C@@H](C)O)[13C](N)=O. The molecule has 0 bridgehead atoms. The summed E-state index contributed by atoms with van der Waals surface area (Å²) in [6.45, 7) is 3.44. The molecule has 11 heteroatoms. The van der Waals surface area contributed by atoms with Gasteiger partial charge in [0.05, 0.1) is 12.2 Å². The smallest absolute Gasteiger partial charge is 0.246 e. The van der Waals surface area contributed by atoms with E-state index in [-0.39, 0.29) is 5.91 Å². The number of aliphatic hydroxyl groups excluding tert-OH is 2. The highest BCUT2D eigenvalue weighted by Crippen LogP contribution is 2.25. The van der Waals surface area contributed by atoms with Crippen LogP contribution in [0.25, 0.3) is 0 Å². The van der Waals surface area contributed by atoms with Gasteiger partial charge in [0.2, 0.25) is 23.6 Å². The van der Waals surface area contributed by atoms with Crippen molar-refractivity contribution in [2.75, 3.05) is 13.1 Å². The van der Waals surface area contributed by atoms with Gasteiger partial charge in [0, 0.05) is 13.1 Å². The zero-order valence-corrected chi connectivity index (χ0v) is 16.8. The monoisotopic (exact) mass is 414 g/mol. The van der Waals surface area contributed by atoms with Crippen LogP contribution in [0, 0.1) is 0 Å². The summed E-state index contributed by atoms with van der Waals surface area (Å²) < 4.78 is 0. The van der Waals surface area contributed by atoms with E-state index in [9.17, 15) is 29.4 Å². The normalized spacial score (nSPS) is 26.0. The minimum absolute atomic E-state index is 0.341. The van der Waals surface area contributed by atoms with Crippen LogP contribution in [0.15, 0.2) is 0 Å². The van der Waals surface area contributed by atoms with Gasteiger partial charge in [-0.2, -0.15) is 0 Å². The van der Waals surface area contributed by atoms with E-state index in [1.807, 2.05) is 0 Å². The molecule has 2 rings (SSSR count). The highest BCUT2D eigenvalue weighted by molar-refractivity contribution is 5.95. The number of likely N-dealkylation sites (tertiary alicyclic amines) is 2. The largest absolute Gasteiger partial charge is 0.391 e. The van der Waals surface area contributed by atoms with E-state index in [2.05, 4.69) is 5.32 Å². The molecule has 2 fully saturated rings. The Bertz CT molecular complexity index is 655. The second-order valence-corrected chi connectivity index (χ2v) is 7.77. The van der Waals surface area contributed by atoms with E-state index in [0.717, 1.165) is 0 Å². The highest BCUT2D eigenvalue weighted by atomic mass is 16.3. The Morgan fingerprint density at radius 1 is 0.966 bits per heavy atom. The summed E-state index contributed by atoms with van der Waals surface area (Å²) >= 11 is 0. The van der Waals surface area contributed by atoms with Crippen molar-refractivity contribution in [1.29, 1.82) is 0 Å². The molecule has 0 spiro atoms. The summed E-state index contributed by atoms with van der Waals surface area (Å²) in [4.78, 5) is 52.5. The molecule has 11 nitrogen and oxygen atoms in total. The minimum Gasteiger partial charge on any atom is -0.391 e. The average molecular weight is 414 g/mol. The maximum Gasteiger partial charge on any atom is 0.246 e. The Morgan fingerprint density at radius 2 is 1.52 bits per heavy atom. The molecule has 0 aromatic rings. The van der Waals surface area contributed by atoms with E-state index < -0.39 is 54.1 Å². The molecule has 2 heterocycles. The summed E-state index contributed by atoms with van der Waals surface area (Å²) in [5, 5.41) is 21.6. The van der Waals surface area contributed by atoms with Crippen molar-refractivity contribution < 1.29 is 29.4 Å². The molecule has 0 aromatic heterocycles. The lowest BCUT2D eigenvalue weighted by Crippen LogP contribution is -2.58. The van der Waals surface area contributed by atoms with Gasteiger partial charge < -0.3 is 36.8 Å². The topological polar surface area (TPSA) is 179 Å². The third kappa shape index (κ3) is 5.03. The van der Waals surface area contributed by atoms with Crippen molar-refractivity contribution >= 4 is 23.6 Å². The molecule has 0 unspecified atom stereocenters. The molecule has 2 saturated heterocycles. The first kappa shape index (κ1) is 23.0. The second-order valence-electron chi connectivity index (χ2n) is 7.77. The second kappa shape index (κ2) is 9.51. The van der Waals surface area contributed by atoms with Crippen LogP contribution < -0.4 is 16.8 Å². The number of rotatable bonds is 7. The first-order chi connectivity index (χ1) is 13.6. The number of nitrogens with one attached hydrogen (secondary N) is 1. The van der Waals surface area contributed by atoms with Crippen LogP contribution in [0.2, 0.25) is 0 Å². The van der Waals surface area contributed by atoms with E-state index >= 15 is 0 Å². The average Bonchev–Trinajstić information content (AvgIpc) is 3.32. The van der Waals surface area contributed by atoms with Crippen LogP contribution in [0.1, 0.15) is 39.5 Å². The van der Waals surface area contributed by atoms with Crippen LogP contribution in [-0.4, -0.2) is 93.1 Å². The molecule has 164 valence electrons. The molecular formula is C18H31N5O6. The van der Waals surface area contributed by atoms with Gasteiger partial charge in [-0.1, -0.05) is 0 Å². The number of aliphatic hydroxyl groups is 2. The van der Waals surface area contributed by atoms with E-state index in [4.69, 9.17) is 11.5 Å². The van der Waals surface area contributed by atoms with Gasteiger partial charge in [0.25, 0.3) is 0 Å². The highest BCUT2D eigenvalue weighted by Gasteiger charge is 2.43. The molecule has 7 N–H and O–H groups in total. The van der Waals surface area contributed by atoms with Crippen molar-refractivity contribution in [2.24, 2.45) is 11.5 Å². The van der Waals surface area contributed by atoms with Crippen LogP contribution in [0.4, 0.5) is 0 Å². The molecule has 2 aliphatic heterocycles. The van der Waals surface area contributed by atoms with Crippen molar-refractivity contribution in [3.8, 4) is 0 Å². The Labute approximate surface area is 169 Å². The van der Waals surface area contributed by atoms with Crippen molar-refractivity contribution in [3.63, 3.8) is 0 Å². The van der Waals surface area contributed by atoms with Crippen LogP contribution in [-0.2, 0) is 19.2 Å². The summed E-state index contributed by atoms with van der Waals surface area (Å²) in [6.07, 6.45) is -0.170. The van der Waals surface area contributed by atoms with Crippen molar-refractivity contribution in [3.05, 3.63) is 0 Å². The molecule has 6 atom stereocenters. The molecule has 0 aliphatic carbocycles. The fraction of sp³-hybridized carbons (Fsp3) is 0.778. The Balaban J connectivity index is 2.11. The zero-order chi connectivity index (χ0) is 21.9. The van der Waals surface area contributed by atoms with Crippen LogP contribution >= 0.6 is 0 Å². The van der Waals surface area contributed by atoms with Gasteiger partial charge in [-0.05, 0) is 39.5 Å². The predicted octanol–water partition coefficient (Wildman–Crippen LogP) is -2.97. The predicted molar refractivity (Wildman–Crippen MR) is 102 cm³/mol. The summed E-state index contributed by atoms with van der Waals surface area (Å²) in [5.74, 6) is -2.31. The van der Waals surface area contributed by atoms with Gasteiger partial charge in [-0.3, -0.25) is 19.2 Å². The summed E-state index contributed by atoms with van der Waals surface area (Å²) in [6, 6.07) is -3.94. The quantitative estimate of drug-likeness (QED) is 0.276. The molecule has 4 amide bonds. The molecule has 0 saturated carbocycles. The fourth-order valence-electron chi connectivity index (χ4n) is 3.86. The Hall–Kier alpha value is -2.24. The van der Waals surface area contributed by atoms with Gasteiger partial charge in [-0.25, -0.2) is 0 Å². The minimum atomic E-state index is -1.26. The van der Waals surface area contributed by atoms with Gasteiger partial charge in [-0.15, -0.1) is 0 Å². The Kier molecular flexibility index (Phi) is 7.55. The van der Waals surface area contributed by atoms with Crippen LogP contribution in [0.5, 0.6) is 0 Å². The number of hydrogen-bond acceptors (Lipinski definition) is 7. The molecule has 0 radical (unpaired) electrons. The number of carbonyl (C=O) groups is 4. The van der Waals surface area contributed by atoms with Crippen molar-refractivity contribution in [1.82, 2.24) is 15.1 Å². The summed E-state index contributed by atoms with van der Waals surface area (Å²) in [7, 11) is 0. The van der Waals surface area contributed by atoms with Crippen molar-refractivity contribution in [2.45, 2.75) is 75.9 Å². The van der Waals surface area contributed by atoms with Gasteiger partial charge >= 0.3 is 0 Å². The number of carbonyl (C=O) groups excluding carboxylic acids is 4. The standard InChI is InChI=1S/C18H31N5O6/c1-9(24)13(19)18(29)23-8-4-6-12(23)17(28)22-7-3-5-11(22)16(27)21-14(10(2)25)15(20)26/h9-14,24-25H,3-8,19H2,1-2H3,(H2,20,26)(H,21,27)/t9-,10-,11+,12+,13+,14+/m1/s1/i15+1. The molecule has 2 aliphatic rings.